The average Bonchev–Trinajstić information content (AvgIpc) is 3.29. The summed E-state index contributed by atoms with van der Waals surface area (Å²) < 4.78 is 2.08. The lowest BCUT2D eigenvalue weighted by Gasteiger charge is -2.35. The fourth-order valence-electron chi connectivity index (χ4n) is 3.09. The molecule has 3 aromatic rings. The van der Waals surface area contributed by atoms with Gasteiger partial charge in [0.1, 0.15) is 12.4 Å². The van der Waals surface area contributed by atoms with Crippen molar-refractivity contribution in [3.8, 4) is 0 Å². The molecule has 1 aromatic carbocycles. The third-order valence-corrected chi connectivity index (χ3v) is 5.39. The molecule has 0 spiro atoms. The zero-order chi connectivity index (χ0) is 17.2. The van der Waals surface area contributed by atoms with Crippen molar-refractivity contribution in [3.63, 3.8) is 0 Å². The number of aryl methyl sites for hydroxylation is 1. The first-order valence-electron chi connectivity index (χ1n) is 8.32. The van der Waals surface area contributed by atoms with Gasteiger partial charge in [-0.3, -0.25) is 0 Å². The standard InChI is InChI=1S/C17H21N7S.HI/c1-22-14-5-3-2-4-13(14)21-15(22)12-20-16(18)23-7-9-24(10-8-23)17-19-6-11-25-17;/h2-6,11H,7-10,12H2,1H3,(H2,18,20);1H. The summed E-state index contributed by atoms with van der Waals surface area (Å²) in [6.07, 6.45) is 1.85. The number of aromatic nitrogens is 3. The number of hydrogen-bond donors (Lipinski definition) is 1. The first-order chi connectivity index (χ1) is 12.2. The number of piperazine rings is 1. The number of halogens is 1. The Kier molecular flexibility index (Phi) is 5.97. The van der Waals surface area contributed by atoms with E-state index in [1.807, 2.05) is 36.8 Å². The summed E-state index contributed by atoms with van der Waals surface area (Å²) >= 11 is 1.67. The fraction of sp³-hybridized carbons (Fsp3) is 0.353. The first-order valence-corrected chi connectivity index (χ1v) is 9.20. The van der Waals surface area contributed by atoms with Crippen LogP contribution >= 0.6 is 35.3 Å². The molecule has 0 unspecified atom stereocenters. The minimum absolute atomic E-state index is 0. The number of nitrogens with two attached hydrogens (primary N) is 1. The van der Waals surface area contributed by atoms with Crippen LogP contribution in [-0.4, -0.2) is 51.6 Å². The number of imidazole rings is 1. The van der Waals surface area contributed by atoms with Gasteiger partial charge < -0.3 is 20.1 Å². The molecule has 0 atom stereocenters. The molecule has 0 amide bonds. The molecule has 1 aliphatic heterocycles. The van der Waals surface area contributed by atoms with Crippen molar-refractivity contribution in [2.45, 2.75) is 6.54 Å². The second-order valence-corrected chi connectivity index (χ2v) is 6.91. The quantitative estimate of drug-likeness (QED) is 0.352. The number of aliphatic imine (C=N–C) groups is 1. The molecule has 1 fully saturated rings. The predicted octanol–water partition coefficient (Wildman–Crippen LogP) is 2.28. The molecule has 4 rings (SSSR count). The molecule has 0 radical (unpaired) electrons. The minimum Gasteiger partial charge on any atom is -0.370 e. The number of benzene rings is 1. The van der Waals surface area contributed by atoms with Gasteiger partial charge in [-0.15, -0.1) is 35.3 Å². The smallest absolute Gasteiger partial charge is 0.191 e. The maximum absolute atomic E-state index is 6.21. The van der Waals surface area contributed by atoms with E-state index in [2.05, 4.69) is 35.4 Å². The number of para-hydroxylation sites is 2. The van der Waals surface area contributed by atoms with E-state index >= 15 is 0 Å². The van der Waals surface area contributed by atoms with Crippen LogP contribution in [0.2, 0.25) is 0 Å². The van der Waals surface area contributed by atoms with Gasteiger partial charge in [-0.05, 0) is 12.1 Å². The molecule has 0 saturated carbocycles. The topological polar surface area (TPSA) is 75.6 Å². The summed E-state index contributed by atoms with van der Waals surface area (Å²) in [6, 6.07) is 8.10. The fourth-order valence-corrected chi connectivity index (χ4v) is 3.78. The van der Waals surface area contributed by atoms with Crippen LogP contribution in [0.25, 0.3) is 11.0 Å². The van der Waals surface area contributed by atoms with Crippen LogP contribution in [0.3, 0.4) is 0 Å². The van der Waals surface area contributed by atoms with Crippen molar-refractivity contribution < 1.29 is 0 Å². The molecular weight excluding hydrogens is 461 g/mol. The van der Waals surface area contributed by atoms with Crippen LogP contribution in [0, 0.1) is 0 Å². The van der Waals surface area contributed by atoms with Gasteiger partial charge in [-0.1, -0.05) is 12.1 Å². The van der Waals surface area contributed by atoms with Crippen LogP contribution in [0.15, 0.2) is 40.8 Å². The lowest BCUT2D eigenvalue weighted by molar-refractivity contribution is 0.380. The van der Waals surface area contributed by atoms with Gasteiger partial charge in [0.05, 0.1) is 11.0 Å². The van der Waals surface area contributed by atoms with Gasteiger partial charge in [0.25, 0.3) is 0 Å². The SMILES string of the molecule is Cn1c(CN=C(N)N2CCN(c3nccs3)CC2)nc2ccccc21.I. The van der Waals surface area contributed by atoms with Crippen LogP contribution in [0.5, 0.6) is 0 Å². The molecule has 2 N–H and O–H groups in total. The number of thiazole rings is 1. The Labute approximate surface area is 173 Å². The van der Waals surface area contributed by atoms with Gasteiger partial charge in [-0.25, -0.2) is 15.0 Å². The average molecular weight is 483 g/mol. The highest BCUT2D eigenvalue weighted by molar-refractivity contribution is 14.0. The number of hydrogen-bond acceptors (Lipinski definition) is 5. The van der Waals surface area contributed by atoms with Gasteiger partial charge in [0.15, 0.2) is 11.1 Å². The van der Waals surface area contributed by atoms with E-state index < -0.39 is 0 Å². The van der Waals surface area contributed by atoms with E-state index in [-0.39, 0.29) is 24.0 Å². The second kappa shape index (κ2) is 8.21. The molecule has 7 nitrogen and oxygen atoms in total. The Balaban J connectivity index is 0.00000196. The summed E-state index contributed by atoms with van der Waals surface area (Å²) in [6.45, 7) is 4.03. The lowest BCUT2D eigenvalue weighted by Crippen LogP contribution is -2.51. The zero-order valence-electron chi connectivity index (χ0n) is 14.6. The Morgan fingerprint density at radius 1 is 1.23 bits per heavy atom. The second-order valence-electron chi connectivity index (χ2n) is 6.04. The van der Waals surface area contributed by atoms with Crippen LogP contribution in [0.1, 0.15) is 5.82 Å². The summed E-state index contributed by atoms with van der Waals surface area (Å²) in [7, 11) is 2.02. The van der Waals surface area contributed by atoms with E-state index in [1.54, 1.807) is 11.3 Å². The normalized spacial score (nSPS) is 15.3. The van der Waals surface area contributed by atoms with Crippen molar-refractivity contribution in [2.24, 2.45) is 17.8 Å². The Morgan fingerprint density at radius 2 is 2.00 bits per heavy atom. The van der Waals surface area contributed by atoms with Crippen molar-refractivity contribution in [1.82, 2.24) is 19.4 Å². The van der Waals surface area contributed by atoms with E-state index in [4.69, 9.17) is 5.73 Å². The van der Waals surface area contributed by atoms with Crippen LogP contribution < -0.4 is 10.6 Å². The van der Waals surface area contributed by atoms with Crippen molar-refractivity contribution in [1.29, 1.82) is 0 Å². The van der Waals surface area contributed by atoms with E-state index in [0.29, 0.717) is 12.5 Å². The van der Waals surface area contributed by atoms with Gasteiger partial charge in [0, 0.05) is 44.8 Å². The predicted molar refractivity (Wildman–Crippen MR) is 117 cm³/mol. The molecule has 26 heavy (non-hydrogen) atoms. The van der Waals surface area contributed by atoms with Gasteiger partial charge >= 0.3 is 0 Å². The molecule has 138 valence electrons. The lowest BCUT2D eigenvalue weighted by atomic mass is 10.3. The molecule has 3 heterocycles. The van der Waals surface area contributed by atoms with Crippen molar-refractivity contribution in [2.75, 3.05) is 31.1 Å². The first kappa shape index (κ1) is 18.9. The Hall–Kier alpha value is -1.88. The molecule has 0 aliphatic carbocycles. The number of fused-ring (bicyclic) bond motifs is 1. The molecule has 1 aliphatic rings. The largest absolute Gasteiger partial charge is 0.370 e. The summed E-state index contributed by atoms with van der Waals surface area (Å²) in [5.74, 6) is 1.51. The summed E-state index contributed by atoms with van der Waals surface area (Å²) in [4.78, 5) is 18.0. The third-order valence-electron chi connectivity index (χ3n) is 4.56. The molecular formula is C17H22IN7S. The van der Waals surface area contributed by atoms with E-state index in [1.165, 1.54) is 0 Å². The number of anilines is 1. The Bertz CT molecular complexity index is 882. The van der Waals surface area contributed by atoms with Gasteiger partial charge in [-0.2, -0.15) is 0 Å². The number of rotatable bonds is 3. The van der Waals surface area contributed by atoms with E-state index in [9.17, 15) is 0 Å². The maximum atomic E-state index is 6.21. The number of nitrogens with zero attached hydrogens (tertiary/aromatic N) is 6. The van der Waals surface area contributed by atoms with Crippen LogP contribution in [0.4, 0.5) is 5.13 Å². The van der Waals surface area contributed by atoms with Gasteiger partial charge in [0.2, 0.25) is 0 Å². The molecule has 2 aromatic heterocycles. The highest BCUT2D eigenvalue weighted by Crippen LogP contribution is 2.19. The highest BCUT2D eigenvalue weighted by Gasteiger charge is 2.20. The molecule has 1 saturated heterocycles. The van der Waals surface area contributed by atoms with Crippen LogP contribution in [-0.2, 0) is 13.6 Å². The van der Waals surface area contributed by atoms with Crippen molar-refractivity contribution >= 4 is 57.4 Å². The monoisotopic (exact) mass is 483 g/mol. The van der Waals surface area contributed by atoms with E-state index in [0.717, 1.165) is 48.2 Å². The summed E-state index contributed by atoms with van der Waals surface area (Å²) in [5.41, 5.74) is 8.32. The Morgan fingerprint density at radius 3 is 2.69 bits per heavy atom. The molecule has 0 bridgehead atoms. The highest BCUT2D eigenvalue weighted by atomic mass is 127. The maximum Gasteiger partial charge on any atom is 0.191 e. The minimum atomic E-state index is 0. The third kappa shape index (κ3) is 3.78. The number of guanidine groups is 1. The molecule has 9 heteroatoms. The summed E-state index contributed by atoms with van der Waals surface area (Å²) in [5, 5.41) is 3.09. The zero-order valence-corrected chi connectivity index (χ0v) is 17.7. The van der Waals surface area contributed by atoms with Crippen molar-refractivity contribution in [3.05, 3.63) is 41.7 Å².